The average Bonchev–Trinajstić information content (AvgIpc) is 2.53. The van der Waals surface area contributed by atoms with Crippen molar-refractivity contribution in [2.45, 2.75) is 26.2 Å². The first-order valence-electron chi connectivity index (χ1n) is 8.15. The Kier molecular flexibility index (Phi) is 6.52. The van der Waals surface area contributed by atoms with Gasteiger partial charge in [-0.3, -0.25) is 9.59 Å². The molecule has 1 aromatic rings. The minimum Gasteiger partial charge on any atom is -0.347 e. The van der Waals surface area contributed by atoms with E-state index in [1.807, 2.05) is 0 Å². The van der Waals surface area contributed by atoms with Gasteiger partial charge >= 0.3 is 11.8 Å². The molecule has 0 saturated carbocycles. The lowest BCUT2D eigenvalue weighted by molar-refractivity contribution is -0.136. The maximum absolute atomic E-state index is 13.1. The van der Waals surface area contributed by atoms with Crippen molar-refractivity contribution in [3.8, 4) is 0 Å². The van der Waals surface area contributed by atoms with Crippen LogP contribution in [0.5, 0.6) is 0 Å². The van der Waals surface area contributed by atoms with Crippen LogP contribution < -0.4 is 10.6 Å². The summed E-state index contributed by atoms with van der Waals surface area (Å²) in [5.41, 5.74) is 0.275. The van der Waals surface area contributed by atoms with Gasteiger partial charge in [0.15, 0.2) is 0 Å². The summed E-state index contributed by atoms with van der Waals surface area (Å²) in [5.74, 6) is -1.53. The minimum atomic E-state index is -0.767. The Hall–Kier alpha value is -1.95. The van der Waals surface area contributed by atoms with Crippen LogP contribution in [0.4, 0.5) is 10.1 Å². The quantitative estimate of drug-likeness (QED) is 0.816. The van der Waals surface area contributed by atoms with Gasteiger partial charge in [-0.25, -0.2) is 4.39 Å². The van der Waals surface area contributed by atoms with Gasteiger partial charge in [-0.2, -0.15) is 0 Å². The fourth-order valence-corrected chi connectivity index (χ4v) is 2.91. The minimum absolute atomic E-state index is 0.275. The Morgan fingerprint density at radius 1 is 1.35 bits per heavy atom. The summed E-state index contributed by atoms with van der Waals surface area (Å²) in [7, 11) is 0. The van der Waals surface area contributed by atoms with E-state index >= 15 is 0 Å². The van der Waals surface area contributed by atoms with Crippen LogP contribution in [0.15, 0.2) is 24.3 Å². The van der Waals surface area contributed by atoms with Crippen molar-refractivity contribution in [1.82, 2.24) is 10.2 Å². The lowest BCUT2D eigenvalue weighted by Gasteiger charge is -2.32. The second kappa shape index (κ2) is 8.62. The van der Waals surface area contributed by atoms with E-state index in [1.165, 1.54) is 24.3 Å². The van der Waals surface area contributed by atoms with Crippen molar-refractivity contribution in [3.63, 3.8) is 0 Å². The molecule has 6 heteroatoms. The molecule has 0 radical (unpaired) electrons. The Bertz CT molecular complexity index is 548. The second-order valence-electron chi connectivity index (χ2n) is 5.98. The Balaban J connectivity index is 1.76. The van der Waals surface area contributed by atoms with Crippen molar-refractivity contribution in [2.24, 2.45) is 5.92 Å². The van der Waals surface area contributed by atoms with Crippen LogP contribution in [0, 0.1) is 11.7 Å². The van der Waals surface area contributed by atoms with E-state index < -0.39 is 17.6 Å². The van der Waals surface area contributed by atoms with E-state index in [2.05, 4.69) is 22.5 Å². The zero-order valence-corrected chi connectivity index (χ0v) is 13.5. The highest BCUT2D eigenvalue weighted by Gasteiger charge is 2.21. The summed E-state index contributed by atoms with van der Waals surface area (Å²) < 4.78 is 13.1. The lowest BCUT2D eigenvalue weighted by Crippen LogP contribution is -2.43. The summed E-state index contributed by atoms with van der Waals surface area (Å²) in [6.45, 7) is 5.79. The number of carbonyl (C=O) groups is 2. The summed E-state index contributed by atoms with van der Waals surface area (Å²) in [6, 6.07) is 5.47. The predicted molar refractivity (Wildman–Crippen MR) is 87.5 cm³/mol. The highest BCUT2D eigenvalue weighted by molar-refractivity contribution is 6.39. The molecule has 1 heterocycles. The molecule has 0 aliphatic carbocycles. The Morgan fingerprint density at radius 2 is 2.17 bits per heavy atom. The van der Waals surface area contributed by atoms with Gasteiger partial charge in [-0.1, -0.05) is 13.0 Å². The molecule has 1 atom stereocenters. The normalized spacial score (nSPS) is 18.4. The SMILES string of the molecule is CCCN1CCCC(CNC(=O)C(=O)Nc2cccc(F)c2)C1. The fraction of sp³-hybridized carbons (Fsp3) is 0.529. The molecule has 1 aromatic carbocycles. The maximum atomic E-state index is 13.1. The smallest absolute Gasteiger partial charge is 0.313 e. The molecule has 1 fully saturated rings. The monoisotopic (exact) mass is 321 g/mol. The predicted octanol–water partition coefficient (Wildman–Crippen LogP) is 2.00. The van der Waals surface area contributed by atoms with E-state index in [4.69, 9.17) is 0 Å². The Labute approximate surface area is 136 Å². The number of hydrogen-bond donors (Lipinski definition) is 2. The molecule has 1 saturated heterocycles. The number of anilines is 1. The first-order chi connectivity index (χ1) is 11.1. The number of rotatable bonds is 5. The molecule has 0 bridgehead atoms. The third-order valence-electron chi connectivity index (χ3n) is 3.98. The topological polar surface area (TPSA) is 61.4 Å². The van der Waals surface area contributed by atoms with Gasteiger partial charge in [-0.05, 0) is 56.5 Å². The van der Waals surface area contributed by atoms with E-state index in [9.17, 15) is 14.0 Å². The molecule has 2 N–H and O–H groups in total. The average molecular weight is 321 g/mol. The highest BCUT2D eigenvalue weighted by atomic mass is 19.1. The molecule has 2 amide bonds. The van der Waals surface area contributed by atoms with Gasteiger partial charge in [0.05, 0.1) is 0 Å². The number of hydrogen-bond acceptors (Lipinski definition) is 3. The van der Waals surface area contributed by atoms with Gasteiger partial charge in [0, 0.05) is 18.8 Å². The third-order valence-corrected chi connectivity index (χ3v) is 3.98. The first kappa shape index (κ1) is 17.4. The number of amides is 2. The van der Waals surface area contributed by atoms with E-state index in [1.54, 1.807) is 0 Å². The fourth-order valence-electron chi connectivity index (χ4n) is 2.91. The summed E-state index contributed by atoms with van der Waals surface area (Å²) in [5, 5.41) is 5.08. The molecule has 1 aliphatic rings. The van der Waals surface area contributed by atoms with Crippen LogP contribution in [-0.4, -0.2) is 42.9 Å². The zero-order valence-electron chi connectivity index (χ0n) is 13.5. The maximum Gasteiger partial charge on any atom is 0.313 e. The molecule has 126 valence electrons. The number of piperidine rings is 1. The number of likely N-dealkylation sites (tertiary alicyclic amines) is 1. The third kappa shape index (κ3) is 5.63. The number of halogens is 1. The molecule has 1 aliphatic heterocycles. The van der Waals surface area contributed by atoms with E-state index in [0.29, 0.717) is 12.5 Å². The molecule has 0 aromatic heterocycles. The van der Waals surface area contributed by atoms with Crippen LogP contribution in [0.2, 0.25) is 0 Å². The van der Waals surface area contributed by atoms with Crippen molar-refractivity contribution < 1.29 is 14.0 Å². The largest absolute Gasteiger partial charge is 0.347 e. The first-order valence-corrected chi connectivity index (χ1v) is 8.15. The van der Waals surface area contributed by atoms with Crippen molar-refractivity contribution >= 4 is 17.5 Å². The number of nitrogens with one attached hydrogen (secondary N) is 2. The summed E-state index contributed by atoms with van der Waals surface area (Å²) in [4.78, 5) is 26.1. The second-order valence-corrected chi connectivity index (χ2v) is 5.98. The van der Waals surface area contributed by atoms with Crippen LogP contribution in [0.3, 0.4) is 0 Å². The van der Waals surface area contributed by atoms with E-state index in [-0.39, 0.29) is 5.69 Å². The molecule has 1 unspecified atom stereocenters. The lowest BCUT2D eigenvalue weighted by atomic mass is 9.98. The summed E-state index contributed by atoms with van der Waals surface area (Å²) in [6.07, 6.45) is 3.30. The Morgan fingerprint density at radius 3 is 2.91 bits per heavy atom. The molecule has 0 spiro atoms. The molecule has 5 nitrogen and oxygen atoms in total. The van der Waals surface area contributed by atoms with Crippen LogP contribution in [-0.2, 0) is 9.59 Å². The molecule has 2 rings (SSSR count). The molecular formula is C17H24FN3O2. The zero-order chi connectivity index (χ0) is 16.7. The van der Waals surface area contributed by atoms with Gasteiger partial charge < -0.3 is 15.5 Å². The molecular weight excluding hydrogens is 297 g/mol. The highest BCUT2D eigenvalue weighted by Crippen LogP contribution is 2.15. The van der Waals surface area contributed by atoms with Crippen molar-refractivity contribution in [1.29, 1.82) is 0 Å². The van der Waals surface area contributed by atoms with Crippen molar-refractivity contribution in [3.05, 3.63) is 30.1 Å². The number of carbonyl (C=O) groups excluding carboxylic acids is 2. The van der Waals surface area contributed by atoms with Crippen LogP contribution in [0.25, 0.3) is 0 Å². The van der Waals surface area contributed by atoms with Crippen LogP contribution >= 0.6 is 0 Å². The number of nitrogens with zero attached hydrogens (tertiary/aromatic N) is 1. The van der Waals surface area contributed by atoms with Gasteiger partial charge in [0.1, 0.15) is 5.82 Å². The standard InChI is InChI=1S/C17H24FN3O2/c1-2-8-21-9-4-5-13(12-21)11-19-16(22)17(23)20-15-7-3-6-14(18)10-15/h3,6-7,10,13H,2,4-5,8-9,11-12H2,1H3,(H,19,22)(H,20,23). The van der Waals surface area contributed by atoms with Gasteiger partial charge in [0.25, 0.3) is 0 Å². The van der Waals surface area contributed by atoms with E-state index in [0.717, 1.165) is 38.9 Å². The van der Waals surface area contributed by atoms with Gasteiger partial charge in [-0.15, -0.1) is 0 Å². The summed E-state index contributed by atoms with van der Waals surface area (Å²) >= 11 is 0. The van der Waals surface area contributed by atoms with Crippen molar-refractivity contribution in [2.75, 3.05) is 31.5 Å². The number of benzene rings is 1. The molecule has 23 heavy (non-hydrogen) atoms. The van der Waals surface area contributed by atoms with Gasteiger partial charge in [0.2, 0.25) is 0 Å². The van der Waals surface area contributed by atoms with Crippen LogP contribution in [0.1, 0.15) is 26.2 Å².